The van der Waals surface area contributed by atoms with E-state index in [-0.39, 0.29) is 18.1 Å². The Morgan fingerprint density at radius 2 is 2.00 bits per heavy atom. The van der Waals surface area contributed by atoms with E-state index < -0.39 is 0 Å². The number of amides is 1. The predicted octanol–water partition coefficient (Wildman–Crippen LogP) is 1.26. The third-order valence-corrected chi connectivity index (χ3v) is 4.47. The Bertz CT molecular complexity index is 477. The van der Waals surface area contributed by atoms with Gasteiger partial charge >= 0.3 is 0 Å². The maximum Gasteiger partial charge on any atom is 0.289 e. The zero-order chi connectivity index (χ0) is 14.1. The number of rotatable bonds is 2. The van der Waals surface area contributed by atoms with E-state index in [1.165, 1.54) is 0 Å². The first kappa shape index (κ1) is 13.6. The van der Waals surface area contributed by atoms with Crippen molar-refractivity contribution in [3.8, 4) is 0 Å². The zero-order valence-corrected chi connectivity index (χ0v) is 11.9. The highest BCUT2D eigenvalue weighted by atomic mass is 16.3. The van der Waals surface area contributed by atoms with Crippen LogP contribution in [0.15, 0.2) is 16.5 Å². The standard InChI is InChI=1S/C15H22N2O3/c1-11-5-6-14(20-11)15(19)17-9-7-16(8-10-17)12-3-2-4-13(12)18/h5-6,12-13,18H,2-4,7-10H2,1H3/t12-,13-/m0/s1. The van der Waals surface area contributed by atoms with Gasteiger partial charge in [0.1, 0.15) is 5.76 Å². The second-order valence-corrected chi connectivity index (χ2v) is 5.80. The fourth-order valence-corrected chi connectivity index (χ4v) is 3.31. The quantitative estimate of drug-likeness (QED) is 0.885. The molecule has 2 fully saturated rings. The highest BCUT2D eigenvalue weighted by Crippen LogP contribution is 2.25. The third-order valence-electron chi connectivity index (χ3n) is 4.47. The number of nitrogens with zero attached hydrogens (tertiary/aromatic N) is 2. The van der Waals surface area contributed by atoms with Gasteiger partial charge in [-0.2, -0.15) is 0 Å². The first-order valence-electron chi connectivity index (χ1n) is 7.43. The summed E-state index contributed by atoms with van der Waals surface area (Å²) in [5.74, 6) is 1.17. The van der Waals surface area contributed by atoms with Crippen LogP contribution in [0.3, 0.4) is 0 Å². The van der Waals surface area contributed by atoms with Crippen LogP contribution in [0, 0.1) is 6.92 Å². The molecule has 2 aliphatic rings. The smallest absolute Gasteiger partial charge is 0.289 e. The molecule has 110 valence electrons. The highest BCUT2D eigenvalue weighted by Gasteiger charge is 2.33. The van der Waals surface area contributed by atoms with Crippen LogP contribution >= 0.6 is 0 Å². The summed E-state index contributed by atoms with van der Waals surface area (Å²) in [6, 6.07) is 3.85. The minimum atomic E-state index is -0.190. The van der Waals surface area contributed by atoms with Crippen LogP contribution in [-0.4, -0.2) is 59.1 Å². The Morgan fingerprint density at radius 3 is 2.55 bits per heavy atom. The Balaban J connectivity index is 1.57. The summed E-state index contributed by atoms with van der Waals surface area (Å²) in [6.45, 7) is 4.94. The van der Waals surface area contributed by atoms with Crippen LogP contribution in [0.5, 0.6) is 0 Å². The second kappa shape index (κ2) is 5.58. The second-order valence-electron chi connectivity index (χ2n) is 5.80. The average molecular weight is 278 g/mol. The molecule has 0 spiro atoms. The van der Waals surface area contributed by atoms with E-state index >= 15 is 0 Å². The van der Waals surface area contributed by atoms with Crippen LogP contribution in [-0.2, 0) is 0 Å². The van der Waals surface area contributed by atoms with Crippen LogP contribution in [0.2, 0.25) is 0 Å². The molecule has 5 nitrogen and oxygen atoms in total. The molecular formula is C15H22N2O3. The monoisotopic (exact) mass is 278 g/mol. The van der Waals surface area contributed by atoms with Gasteiger partial charge in [-0.15, -0.1) is 0 Å². The molecule has 5 heteroatoms. The minimum absolute atomic E-state index is 0.0234. The maximum atomic E-state index is 12.3. The van der Waals surface area contributed by atoms with Gasteiger partial charge in [0.05, 0.1) is 6.10 Å². The molecule has 1 saturated heterocycles. The highest BCUT2D eigenvalue weighted by molar-refractivity contribution is 5.91. The summed E-state index contributed by atoms with van der Waals surface area (Å²) in [4.78, 5) is 16.4. The van der Waals surface area contributed by atoms with Crippen LogP contribution in [0.4, 0.5) is 0 Å². The van der Waals surface area contributed by atoms with Gasteiger partial charge in [-0.1, -0.05) is 0 Å². The first-order valence-corrected chi connectivity index (χ1v) is 7.43. The van der Waals surface area contributed by atoms with E-state index in [0.717, 1.165) is 38.1 Å². The van der Waals surface area contributed by atoms with Crippen molar-refractivity contribution < 1.29 is 14.3 Å². The van der Waals surface area contributed by atoms with Gasteiger partial charge in [-0.3, -0.25) is 9.69 Å². The fraction of sp³-hybridized carbons (Fsp3) is 0.667. The lowest BCUT2D eigenvalue weighted by atomic mass is 10.1. The SMILES string of the molecule is Cc1ccc(C(=O)N2CCN([C@H]3CCC[C@@H]3O)CC2)o1. The number of aliphatic hydroxyl groups is 1. The molecule has 1 aliphatic carbocycles. The molecule has 1 amide bonds. The van der Waals surface area contributed by atoms with Gasteiger partial charge in [0.25, 0.3) is 5.91 Å². The van der Waals surface area contributed by atoms with E-state index in [1.54, 1.807) is 6.07 Å². The summed E-state index contributed by atoms with van der Waals surface area (Å²) < 4.78 is 5.40. The topological polar surface area (TPSA) is 56.9 Å². The number of piperazine rings is 1. The summed E-state index contributed by atoms with van der Waals surface area (Å²) in [6.07, 6.45) is 2.91. The van der Waals surface area contributed by atoms with Crippen molar-refractivity contribution in [1.82, 2.24) is 9.80 Å². The molecule has 1 aromatic heterocycles. The molecule has 0 radical (unpaired) electrons. The number of hydrogen-bond donors (Lipinski definition) is 1. The van der Waals surface area contributed by atoms with Crippen molar-refractivity contribution >= 4 is 5.91 Å². The molecule has 0 unspecified atom stereocenters. The fourth-order valence-electron chi connectivity index (χ4n) is 3.31. The number of aryl methyl sites for hydroxylation is 1. The molecule has 0 aromatic carbocycles. The van der Waals surface area contributed by atoms with Gasteiger partial charge < -0.3 is 14.4 Å². The van der Waals surface area contributed by atoms with Crippen molar-refractivity contribution in [2.45, 2.75) is 38.3 Å². The zero-order valence-electron chi connectivity index (χ0n) is 11.9. The number of aliphatic hydroxyl groups excluding tert-OH is 1. The summed E-state index contributed by atoms with van der Waals surface area (Å²) in [7, 11) is 0. The predicted molar refractivity (Wildman–Crippen MR) is 74.6 cm³/mol. The molecule has 1 N–H and O–H groups in total. The first-order chi connectivity index (χ1) is 9.65. The maximum absolute atomic E-state index is 12.3. The average Bonchev–Trinajstić information content (AvgIpc) is 3.07. The van der Waals surface area contributed by atoms with Crippen LogP contribution < -0.4 is 0 Å². The van der Waals surface area contributed by atoms with Crippen molar-refractivity contribution in [3.05, 3.63) is 23.7 Å². The van der Waals surface area contributed by atoms with Gasteiger partial charge in [0, 0.05) is 32.2 Å². The summed E-state index contributed by atoms with van der Waals surface area (Å²) >= 11 is 0. The van der Waals surface area contributed by atoms with Crippen LogP contribution in [0.25, 0.3) is 0 Å². The number of carbonyl (C=O) groups is 1. The molecule has 1 aliphatic heterocycles. The Hall–Kier alpha value is -1.33. The number of furan rings is 1. The Morgan fingerprint density at radius 1 is 1.25 bits per heavy atom. The molecule has 2 atom stereocenters. The van der Waals surface area contributed by atoms with E-state index in [9.17, 15) is 9.90 Å². The van der Waals surface area contributed by atoms with Crippen molar-refractivity contribution in [1.29, 1.82) is 0 Å². The number of hydrogen-bond acceptors (Lipinski definition) is 4. The molecule has 0 bridgehead atoms. The minimum Gasteiger partial charge on any atom is -0.456 e. The normalized spacial score (nSPS) is 28.0. The summed E-state index contributed by atoms with van der Waals surface area (Å²) in [5.41, 5.74) is 0. The number of carbonyl (C=O) groups excluding carboxylic acids is 1. The Kier molecular flexibility index (Phi) is 3.81. The molecule has 1 saturated carbocycles. The van der Waals surface area contributed by atoms with Gasteiger partial charge in [-0.25, -0.2) is 0 Å². The molecule has 20 heavy (non-hydrogen) atoms. The van der Waals surface area contributed by atoms with E-state index in [4.69, 9.17) is 4.42 Å². The van der Waals surface area contributed by atoms with Crippen LogP contribution in [0.1, 0.15) is 35.6 Å². The van der Waals surface area contributed by atoms with E-state index in [0.29, 0.717) is 18.8 Å². The van der Waals surface area contributed by atoms with E-state index in [2.05, 4.69) is 4.90 Å². The van der Waals surface area contributed by atoms with Crippen molar-refractivity contribution in [3.63, 3.8) is 0 Å². The van der Waals surface area contributed by atoms with Gasteiger partial charge in [-0.05, 0) is 38.3 Å². The molecule has 1 aromatic rings. The lowest BCUT2D eigenvalue weighted by Crippen LogP contribution is -2.53. The molecule has 2 heterocycles. The Labute approximate surface area is 119 Å². The summed E-state index contributed by atoms with van der Waals surface area (Å²) in [5, 5.41) is 9.96. The van der Waals surface area contributed by atoms with Gasteiger partial charge in [0.2, 0.25) is 0 Å². The van der Waals surface area contributed by atoms with Gasteiger partial charge in [0.15, 0.2) is 5.76 Å². The largest absolute Gasteiger partial charge is 0.456 e. The third kappa shape index (κ3) is 2.60. The molecule has 3 rings (SSSR count). The van der Waals surface area contributed by atoms with Crippen molar-refractivity contribution in [2.75, 3.05) is 26.2 Å². The molecular weight excluding hydrogens is 256 g/mol. The lowest BCUT2D eigenvalue weighted by Gasteiger charge is -2.38. The lowest BCUT2D eigenvalue weighted by molar-refractivity contribution is 0.0301. The van der Waals surface area contributed by atoms with E-state index in [1.807, 2.05) is 17.9 Å². The van der Waals surface area contributed by atoms with Crippen molar-refractivity contribution in [2.24, 2.45) is 0 Å².